The van der Waals surface area contributed by atoms with Crippen molar-refractivity contribution < 1.29 is 4.74 Å². The van der Waals surface area contributed by atoms with Crippen LogP contribution in [0.2, 0.25) is 0 Å². The average molecular weight is 376 g/mol. The van der Waals surface area contributed by atoms with Crippen molar-refractivity contribution >= 4 is 27.5 Å². The molecule has 0 radical (unpaired) electrons. The van der Waals surface area contributed by atoms with Crippen LogP contribution in [0, 0.1) is 0 Å². The number of alkyl halides is 1. The molecule has 0 N–H and O–H groups in total. The Kier molecular flexibility index (Phi) is 10.2. The monoisotopic (exact) mass is 374 g/mol. The predicted molar refractivity (Wildman–Crippen MR) is 96.5 cm³/mol. The number of benzene rings is 1. The van der Waals surface area contributed by atoms with E-state index in [0.717, 1.165) is 16.6 Å². The Bertz CT molecular complexity index is 395. The summed E-state index contributed by atoms with van der Waals surface area (Å²) in [6.07, 6.45) is 10.3. The van der Waals surface area contributed by atoms with Crippen molar-refractivity contribution in [2.75, 3.05) is 6.61 Å². The first-order valence-electron chi connectivity index (χ1n) is 8.25. The van der Waals surface area contributed by atoms with Crippen molar-refractivity contribution in [2.24, 2.45) is 0 Å². The Morgan fingerprint density at radius 2 is 1.71 bits per heavy atom. The van der Waals surface area contributed by atoms with Gasteiger partial charge in [-0.1, -0.05) is 57.9 Å². The molecule has 3 heteroatoms. The Labute approximate surface area is 143 Å². The maximum absolute atomic E-state index is 6.51. The first-order chi connectivity index (χ1) is 10.2. The summed E-state index contributed by atoms with van der Waals surface area (Å²) >= 11 is 10.1. The molecular formula is C18H28BrClO. The number of unbranched alkanes of at least 4 members (excludes halogenated alkanes) is 6. The Hall–Kier alpha value is -0.210. The van der Waals surface area contributed by atoms with Crippen molar-refractivity contribution in [2.45, 2.75) is 70.6 Å². The highest BCUT2D eigenvalue weighted by molar-refractivity contribution is 9.10. The van der Waals surface area contributed by atoms with E-state index >= 15 is 0 Å². The molecule has 1 atom stereocenters. The van der Waals surface area contributed by atoms with Gasteiger partial charge in [-0.25, -0.2) is 0 Å². The fraction of sp³-hybridized carbons (Fsp3) is 0.667. The van der Waals surface area contributed by atoms with Gasteiger partial charge in [-0.3, -0.25) is 0 Å². The van der Waals surface area contributed by atoms with Crippen LogP contribution in [-0.2, 0) is 0 Å². The van der Waals surface area contributed by atoms with E-state index in [-0.39, 0.29) is 5.38 Å². The highest BCUT2D eigenvalue weighted by Crippen LogP contribution is 2.33. The summed E-state index contributed by atoms with van der Waals surface area (Å²) in [4.78, 5) is 0. The molecule has 0 aliphatic heterocycles. The highest BCUT2D eigenvalue weighted by atomic mass is 79.9. The summed E-state index contributed by atoms with van der Waals surface area (Å²) in [6, 6.07) is 6.17. The minimum atomic E-state index is 0.104. The molecule has 0 aliphatic carbocycles. The SMILES string of the molecule is CCCCCCCCCC(Cl)c1ccc(OCC)c(Br)c1. The van der Waals surface area contributed by atoms with E-state index < -0.39 is 0 Å². The zero-order valence-electron chi connectivity index (χ0n) is 13.3. The number of rotatable bonds is 11. The fourth-order valence-electron chi connectivity index (χ4n) is 2.43. The van der Waals surface area contributed by atoms with E-state index in [1.54, 1.807) is 0 Å². The standard InChI is InChI=1S/C18H28BrClO/c1-3-5-6-7-8-9-10-11-17(20)15-12-13-18(21-4-2)16(19)14-15/h12-14,17H,3-11H2,1-2H3. The number of ether oxygens (including phenoxy) is 1. The molecule has 0 saturated heterocycles. The second-order valence-electron chi connectivity index (χ2n) is 5.50. The summed E-state index contributed by atoms with van der Waals surface area (Å²) in [7, 11) is 0. The summed E-state index contributed by atoms with van der Waals surface area (Å²) in [6.45, 7) is 4.93. The maximum atomic E-state index is 6.51. The normalized spacial score (nSPS) is 12.4. The van der Waals surface area contributed by atoms with Crippen molar-refractivity contribution in [3.8, 4) is 5.75 Å². The molecule has 120 valence electrons. The minimum Gasteiger partial charge on any atom is -0.493 e. The molecule has 0 spiro atoms. The molecule has 0 bridgehead atoms. The first-order valence-corrected chi connectivity index (χ1v) is 9.48. The van der Waals surface area contributed by atoms with Crippen molar-refractivity contribution in [1.82, 2.24) is 0 Å². The van der Waals surface area contributed by atoms with Crippen LogP contribution in [0.4, 0.5) is 0 Å². The molecule has 1 aromatic carbocycles. The van der Waals surface area contributed by atoms with Gasteiger partial charge in [0, 0.05) is 0 Å². The fourth-order valence-corrected chi connectivity index (χ4v) is 3.23. The molecular weight excluding hydrogens is 348 g/mol. The molecule has 21 heavy (non-hydrogen) atoms. The Balaban J connectivity index is 2.28. The van der Waals surface area contributed by atoms with Crippen LogP contribution in [0.25, 0.3) is 0 Å². The van der Waals surface area contributed by atoms with Crippen molar-refractivity contribution in [3.05, 3.63) is 28.2 Å². The van der Waals surface area contributed by atoms with Gasteiger partial charge in [0.2, 0.25) is 0 Å². The van der Waals surface area contributed by atoms with Crippen molar-refractivity contribution in [3.63, 3.8) is 0 Å². The minimum absolute atomic E-state index is 0.104. The van der Waals surface area contributed by atoms with E-state index in [1.807, 2.05) is 13.0 Å². The molecule has 0 aliphatic rings. The number of hydrogen-bond acceptors (Lipinski definition) is 1. The Morgan fingerprint density at radius 1 is 1.05 bits per heavy atom. The summed E-state index contributed by atoms with van der Waals surface area (Å²) in [5.41, 5.74) is 1.18. The molecule has 0 heterocycles. The topological polar surface area (TPSA) is 9.23 Å². The lowest BCUT2D eigenvalue weighted by atomic mass is 10.0. The van der Waals surface area contributed by atoms with E-state index in [0.29, 0.717) is 6.61 Å². The predicted octanol–water partition coefficient (Wildman–Crippen LogP) is 7.27. The Morgan fingerprint density at radius 3 is 2.33 bits per heavy atom. The van der Waals surface area contributed by atoms with E-state index in [9.17, 15) is 0 Å². The van der Waals surface area contributed by atoms with Gasteiger partial charge in [-0.05, 0) is 47.0 Å². The second-order valence-corrected chi connectivity index (χ2v) is 6.88. The first kappa shape index (κ1) is 18.8. The maximum Gasteiger partial charge on any atom is 0.133 e. The van der Waals surface area contributed by atoms with E-state index in [2.05, 4.69) is 35.0 Å². The lowest BCUT2D eigenvalue weighted by Crippen LogP contribution is -1.95. The molecule has 1 rings (SSSR count). The van der Waals surface area contributed by atoms with Crippen LogP contribution >= 0.6 is 27.5 Å². The molecule has 0 saturated carbocycles. The number of hydrogen-bond donors (Lipinski definition) is 0. The van der Waals surface area contributed by atoms with Crippen LogP contribution in [-0.4, -0.2) is 6.61 Å². The molecule has 0 fully saturated rings. The third-order valence-electron chi connectivity index (χ3n) is 3.68. The molecule has 1 unspecified atom stereocenters. The average Bonchev–Trinajstić information content (AvgIpc) is 2.48. The smallest absolute Gasteiger partial charge is 0.133 e. The molecule has 1 nitrogen and oxygen atoms in total. The van der Waals surface area contributed by atoms with Gasteiger partial charge in [0.15, 0.2) is 0 Å². The summed E-state index contributed by atoms with van der Waals surface area (Å²) < 4.78 is 6.52. The lowest BCUT2D eigenvalue weighted by Gasteiger charge is -2.12. The molecule has 1 aromatic rings. The summed E-state index contributed by atoms with van der Waals surface area (Å²) in [5, 5.41) is 0.104. The molecule has 0 aromatic heterocycles. The van der Waals surface area contributed by atoms with E-state index in [4.69, 9.17) is 16.3 Å². The van der Waals surface area contributed by atoms with Crippen LogP contribution in [0.1, 0.15) is 76.2 Å². The quantitative estimate of drug-likeness (QED) is 0.292. The van der Waals surface area contributed by atoms with Crippen molar-refractivity contribution in [1.29, 1.82) is 0 Å². The lowest BCUT2D eigenvalue weighted by molar-refractivity contribution is 0.338. The zero-order chi connectivity index (χ0) is 15.5. The third-order valence-corrected chi connectivity index (χ3v) is 4.77. The van der Waals surface area contributed by atoms with Crippen LogP contribution in [0.5, 0.6) is 5.75 Å². The number of halogens is 2. The largest absolute Gasteiger partial charge is 0.493 e. The second kappa shape index (κ2) is 11.4. The van der Waals surface area contributed by atoms with Gasteiger partial charge in [0.1, 0.15) is 5.75 Å². The van der Waals surface area contributed by atoms with Gasteiger partial charge in [0.05, 0.1) is 16.5 Å². The zero-order valence-corrected chi connectivity index (χ0v) is 15.7. The van der Waals surface area contributed by atoms with Gasteiger partial charge < -0.3 is 4.74 Å². The molecule has 0 amide bonds. The van der Waals surface area contributed by atoms with Gasteiger partial charge >= 0.3 is 0 Å². The highest BCUT2D eigenvalue weighted by Gasteiger charge is 2.10. The van der Waals surface area contributed by atoms with Gasteiger partial charge in [-0.2, -0.15) is 0 Å². The third kappa shape index (κ3) is 7.56. The van der Waals surface area contributed by atoms with Gasteiger partial charge in [-0.15, -0.1) is 11.6 Å². The van der Waals surface area contributed by atoms with Crippen LogP contribution < -0.4 is 4.74 Å². The van der Waals surface area contributed by atoms with Gasteiger partial charge in [0.25, 0.3) is 0 Å². The van der Waals surface area contributed by atoms with Crippen LogP contribution in [0.3, 0.4) is 0 Å². The van der Waals surface area contributed by atoms with Crippen LogP contribution in [0.15, 0.2) is 22.7 Å². The van der Waals surface area contributed by atoms with E-state index in [1.165, 1.54) is 50.5 Å². The summed E-state index contributed by atoms with van der Waals surface area (Å²) in [5.74, 6) is 0.890.